The van der Waals surface area contributed by atoms with Crippen molar-refractivity contribution in [1.29, 1.82) is 0 Å². The number of nitrogens with zero attached hydrogens (tertiary/aromatic N) is 1. The van der Waals surface area contributed by atoms with Crippen LogP contribution in [-0.4, -0.2) is 40.8 Å². The summed E-state index contributed by atoms with van der Waals surface area (Å²) in [5.74, 6) is -0.203. The number of likely N-dealkylation sites (tertiary alicyclic amines) is 1. The van der Waals surface area contributed by atoms with E-state index in [9.17, 15) is 9.50 Å². The molecule has 1 aliphatic heterocycles. The highest BCUT2D eigenvalue weighted by Gasteiger charge is 2.31. The van der Waals surface area contributed by atoms with E-state index in [1.54, 1.807) is 12.1 Å². The second kappa shape index (κ2) is 9.47. The molecule has 1 fully saturated rings. The van der Waals surface area contributed by atoms with Crippen molar-refractivity contribution in [2.45, 2.75) is 57.3 Å². The van der Waals surface area contributed by atoms with E-state index in [0.717, 1.165) is 31.4 Å². The average Bonchev–Trinajstić information content (AvgIpc) is 3.20. The normalized spacial score (nSPS) is 18.5. The first-order chi connectivity index (χ1) is 14.9. The van der Waals surface area contributed by atoms with Crippen molar-refractivity contribution in [3.05, 3.63) is 83.7 Å². The number of aliphatic hydroxyl groups excluding tert-OH is 1. The van der Waals surface area contributed by atoms with Gasteiger partial charge in [0.15, 0.2) is 0 Å². The molecule has 1 heterocycles. The molecule has 0 aromatic heterocycles. The van der Waals surface area contributed by atoms with Crippen LogP contribution in [0.2, 0.25) is 0 Å². The van der Waals surface area contributed by atoms with Gasteiger partial charge in [-0.1, -0.05) is 54.6 Å². The van der Waals surface area contributed by atoms with Crippen LogP contribution >= 0.6 is 0 Å². The van der Waals surface area contributed by atoms with Crippen LogP contribution in [0.25, 0.3) is 10.8 Å². The third kappa shape index (κ3) is 5.70. The van der Waals surface area contributed by atoms with Crippen LogP contribution in [0.15, 0.2) is 66.7 Å². The lowest BCUT2D eigenvalue weighted by Gasteiger charge is -2.33. The molecule has 4 heteroatoms. The number of hydrogen-bond donors (Lipinski definition) is 2. The molecule has 1 saturated heterocycles. The number of β-amino-alcohol motifs (C(OH)–C–C–N with tert-alkyl or cyclic N) is 1. The van der Waals surface area contributed by atoms with Crippen molar-refractivity contribution < 1.29 is 9.50 Å². The summed E-state index contributed by atoms with van der Waals surface area (Å²) in [7, 11) is 0. The number of nitrogens with one attached hydrogen (secondary N) is 1. The fraction of sp³-hybridized carbons (Fsp3) is 0.407. The van der Waals surface area contributed by atoms with E-state index in [0.29, 0.717) is 13.1 Å². The Morgan fingerprint density at radius 2 is 1.84 bits per heavy atom. The smallest absolute Gasteiger partial charge is 0.123 e. The minimum Gasteiger partial charge on any atom is -0.390 e. The Bertz CT molecular complexity index is 1020. The highest BCUT2D eigenvalue weighted by Crippen LogP contribution is 2.24. The summed E-state index contributed by atoms with van der Waals surface area (Å²) in [5, 5.41) is 17.0. The molecule has 0 saturated carbocycles. The van der Waals surface area contributed by atoms with E-state index in [1.807, 2.05) is 6.07 Å². The fourth-order valence-electron chi connectivity index (χ4n) is 4.79. The summed E-state index contributed by atoms with van der Waals surface area (Å²) in [6, 6.07) is 21.9. The van der Waals surface area contributed by atoms with Crippen molar-refractivity contribution >= 4 is 10.8 Å². The maximum atomic E-state index is 13.5. The van der Waals surface area contributed by atoms with Crippen LogP contribution in [0.3, 0.4) is 0 Å². The first-order valence-electron chi connectivity index (χ1n) is 11.3. The Morgan fingerprint density at radius 1 is 1.03 bits per heavy atom. The van der Waals surface area contributed by atoms with Crippen LogP contribution in [0, 0.1) is 5.82 Å². The van der Waals surface area contributed by atoms with Gasteiger partial charge in [0, 0.05) is 24.7 Å². The fourth-order valence-corrected chi connectivity index (χ4v) is 4.79. The molecular weight excluding hydrogens is 387 g/mol. The van der Waals surface area contributed by atoms with E-state index in [-0.39, 0.29) is 17.4 Å². The lowest BCUT2D eigenvalue weighted by molar-refractivity contribution is 0.0632. The van der Waals surface area contributed by atoms with E-state index in [4.69, 9.17) is 0 Å². The van der Waals surface area contributed by atoms with Gasteiger partial charge in [0.2, 0.25) is 0 Å². The van der Waals surface area contributed by atoms with Crippen LogP contribution in [0.5, 0.6) is 0 Å². The predicted octanol–water partition coefficient (Wildman–Crippen LogP) is 4.92. The standard InChI is InChI=1S/C27H33FN2O/c1-27(2,17-20-12-13-22-8-3-4-9-23(22)15-20)29-18-26(31)25-11-6-14-30(25)19-21-7-5-10-24(28)16-21/h3-5,7-10,12-13,15-16,25-26,29,31H,6,11,14,17-19H2,1-2H3/t25-,26-/m1/s1. The van der Waals surface area contributed by atoms with Gasteiger partial charge < -0.3 is 10.4 Å². The maximum absolute atomic E-state index is 13.5. The van der Waals surface area contributed by atoms with Gasteiger partial charge in [0.05, 0.1) is 6.10 Å². The third-order valence-electron chi connectivity index (χ3n) is 6.38. The molecule has 2 N–H and O–H groups in total. The molecule has 3 aromatic carbocycles. The summed E-state index contributed by atoms with van der Waals surface area (Å²) >= 11 is 0. The van der Waals surface area contributed by atoms with Crippen molar-refractivity contribution in [3.63, 3.8) is 0 Å². The first kappa shape index (κ1) is 21.9. The Hall–Kier alpha value is -2.27. The minimum atomic E-state index is -0.452. The van der Waals surface area contributed by atoms with Gasteiger partial charge in [0.25, 0.3) is 0 Å². The summed E-state index contributed by atoms with van der Waals surface area (Å²) in [6.07, 6.45) is 2.48. The minimum absolute atomic E-state index is 0.104. The van der Waals surface area contributed by atoms with Crippen molar-refractivity contribution in [2.75, 3.05) is 13.1 Å². The topological polar surface area (TPSA) is 35.5 Å². The van der Waals surface area contributed by atoms with Gasteiger partial charge in [-0.2, -0.15) is 0 Å². The zero-order valence-corrected chi connectivity index (χ0v) is 18.5. The lowest BCUT2D eigenvalue weighted by Crippen LogP contribution is -2.50. The zero-order valence-electron chi connectivity index (χ0n) is 18.5. The SMILES string of the molecule is CC(C)(Cc1ccc2ccccc2c1)NC[C@@H](O)[C@H]1CCCN1Cc1cccc(F)c1. The van der Waals surface area contributed by atoms with Gasteiger partial charge >= 0.3 is 0 Å². The Morgan fingerprint density at radius 3 is 2.65 bits per heavy atom. The number of rotatable bonds is 8. The van der Waals surface area contributed by atoms with E-state index in [1.165, 1.54) is 22.4 Å². The van der Waals surface area contributed by atoms with Gasteiger partial charge in [-0.3, -0.25) is 4.90 Å². The number of hydrogen-bond acceptors (Lipinski definition) is 3. The van der Waals surface area contributed by atoms with E-state index >= 15 is 0 Å². The third-order valence-corrected chi connectivity index (χ3v) is 6.38. The highest BCUT2D eigenvalue weighted by molar-refractivity contribution is 5.83. The molecule has 4 rings (SSSR count). The number of benzene rings is 3. The molecule has 1 aliphatic rings. The summed E-state index contributed by atoms with van der Waals surface area (Å²) in [4.78, 5) is 2.29. The molecule has 2 atom stereocenters. The molecule has 3 aromatic rings. The van der Waals surface area contributed by atoms with Gasteiger partial charge in [-0.25, -0.2) is 4.39 Å². The quantitative estimate of drug-likeness (QED) is 0.543. The van der Waals surface area contributed by atoms with Crippen LogP contribution < -0.4 is 5.32 Å². The summed E-state index contributed by atoms with van der Waals surface area (Å²) in [6.45, 7) is 6.55. The van der Waals surface area contributed by atoms with E-state index < -0.39 is 6.10 Å². The highest BCUT2D eigenvalue weighted by atomic mass is 19.1. The zero-order chi connectivity index (χ0) is 21.8. The average molecular weight is 421 g/mol. The number of halogens is 1. The Kier molecular flexibility index (Phi) is 6.71. The monoisotopic (exact) mass is 420 g/mol. The summed E-state index contributed by atoms with van der Waals surface area (Å²) < 4.78 is 13.5. The molecule has 0 radical (unpaired) electrons. The molecule has 0 amide bonds. The molecule has 0 bridgehead atoms. The molecule has 31 heavy (non-hydrogen) atoms. The lowest BCUT2D eigenvalue weighted by atomic mass is 9.93. The second-order valence-corrected chi connectivity index (χ2v) is 9.50. The summed E-state index contributed by atoms with van der Waals surface area (Å²) in [5.41, 5.74) is 2.12. The molecule has 164 valence electrons. The second-order valence-electron chi connectivity index (χ2n) is 9.50. The van der Waals surface area contributed by atoms with E-state index in [2.05, 4.69) is 66.5 Å². The Balaban J connectivity index is 1.34. The van der Waals surface area contributed by atoms with Crippen molar-refractivity contribution in [2.24, 2.45) is 0 Å². The molecule has 0 spiro atoms. The molecule has 0 aliphatic carbocycles. The predicted molar refractivity (Wildman–Crippen MR) is 126 cm³/mol. The number of aliphatic hydroxyl groups is 1. The van der Waals surface area contributed by atoms with Gasteiger partial charge in [0.1, 0.15) is 5.82 Å². The van der Waals surface area contributed by atoms with Crippen molar-refractivity contribution in [1.82, 2.24) is 10.2 Å². The van der Waals surface area contributed by atoms with Crippen LogP contribution in [0.1, 0.15) is 37.8 Å². The molecule has 3 nitrogen and oxygen atoms in total. The number of fused-ring (bicyclic) bond motifs is 1. The maximum Gasteiger partial charge on any atom is 0.123 e. The first-order valence-corrected chi connectivity index (χ1v) is 11.3. The largest absolute Gasteiger partial charge is 0.390 e. The van der Waals surface area contributed by atoms with Crippen LogP contribution in [0.4, 0.5) is 4.39 Å². The van der Waals surface area contributed by atoms with Crippen LogP contribution in [-0.2, 0) is 13.0 Å². The molecular formula is C27H33FN2O. The van der Waals surface area contributed by atoms with Crippen molar-refractivity contribution in [3.8, 4) is 0 Å². The van der Waals surface area contributed by atoms with Gasteiger partial charge in [-0.05, 0) is 73.7 Å². The van der Waals surface area contributed by atoms with Gasteiger partial charge in [-0.15, -0.1) is 0 Å². The Labute approximate surface area is 184 Å². The molecule has 0 unspecified atom stereocenters.